The minimum atomic E-state index is -0.797. The van der Waals surface area contributed by atoms with Crippen molar-refractivity contribution in [1.29, 1.82) is 0 Å². The predicted molar refractivity (Wildman–Crippen MR) is 408 cm³/mol. The first-order valence-electron chi connectivity index (χ1n) is 39.1. The minimum Gasteiger partial charge on any atom is -0.497 e. The number of carbonyl (C=O) groups is 4. The summed E-state index contributed by atoms with van der Waals surface area (Å²) in [5.74, 6) is -0.176. The SMILES string of the molecule is CC1(C)OC2OC(CO)C3OC(C)(C)OC3C2O1.COc1ccc(-c2noc(CC(=O)NCCCCCCCCCCC(=O)O)c2-c2ccc(OC)cc2)cc1.COc1ccc(-c2noc(CC(=O)NCCCCCCCCCCC(=O)OCC3OC4OC(C)(C)OC4C4OC(C)(C)OC34)c2-c2ccc(OC)cc2)cc1. The van der Waals surface area contributed by atoms with Crippen LogP contribution in [0.25, 0.3) is 44.8 Å². The van der Waals surface area contributed by atoms with Gasteiger partial charge in [-0.3, -0.25) is 19.2 Å². The van der Waals surface area contributed by atoms with Gasteiger partial charge >= 0.3 is 11.9 Å². The number of carboxylic acid groups (broad SMARTS) is 1. The van der Waals surface area contributed by atoms with Crippen molar-refractivity contribution in [3.63, 3.8) is 0 Å². The molecule has 6 aliphatic heterocycles. The van der Waals surface area contributed by atoms with Crippen molar-refractivity contribution >= 4 is 23.8 Å². The third-order valence-electron chi connectivity index (χ3n) is 20.0. The Bertz CT molecular complexity index is 3900. The van der Waals surface area contributed by atoms with Gasteiger partial charge in [0.15, 0.2) is 47.2 Å². The van der Waals surface area contributed by atoms with Crippen LogP contribution in [0.2, 0.25) is 0 Å². The van der Waals surface area contributed by atoms with Gasteiger partial charge < -0.3 is 101 Å². The fourth-order valence-electron chi connectivity index (χ4n) is 14.6. The van der Waals surface area contributed by atoms with E-state index < -0.39 is 66.1 Å². The quantitative estimate of drug-likeness (QED) is 0.0208. The van der Waals surface area contributed by atoms with Crippen molar-refractivity contribution < 1.29 is 109 Å². The third kappa shape index (κ3) is 24.2. The van der Waals surface area contributed by atoms with Crippen LogP contribution in [0.15, 0.2) is 106 Å². The molecule has 10 unspecified atom stereocenters. The van der Waals surface area contributed by atoms with Crippen LogP contribution in [0.1, 0.15) is 182 Å². The average molecular weight is 1550 g/mol. The number of aliphatic hydroxyl groups is 1. The number of ether oxygens (including phenoxy) is 15. The third-order valence-corrected chi connectivity index (χ3v) is 20.0. The number of aliphatic hydroxyl groups excluding tert-OH is 1. The largest absolute Gasteiger partial charge is 0.497 e. The summed E-state index contributed by atoms with van der Waals surface area (Å²) in [5, 5.41) is 32.8. The molecule has 12 rings (SSSR count). The molecule has 2 amide bonds. The number of methoxy groups -OCH3 is 4. The molecule has 6 saturated heterocycles. The summed E-state index contributed by atoms with van der Waals surface area (Å²) in [7, 11) is 6.50. The topological polar surface area (TPSA) is 323 Å². The fourth-order valence-corrected chi connectivity index (χ4v) is 14.6. The highest BCUT2D eigenvalue weighted by Gasteiger charge is 2.62. The Balaban J connectivity index is 0.000000200. The van der Waals surface area contributed by atoms with Crippen molar-refractivity contribution in [3.8, 4) is 67.8 Å². The van der Waals surface area contributed by atoms with Gasteiger partial charge in [-0.15, -0.1) is 0 Å². The van der Waals surface area contributed by atoms with E-state index in [2.05, 4.69) is 20.9 Å². The number of esters is 1. The number of rotatable bonds is 37. The minimum absolute atomic E-state index is 0.0726. The van der Waals surface area contributed by atoms with Gasteiger partial charge in [0.2, 0.25) is 11.8 Å². The van der Waals surface area contributed by atoms with Crippen molar-refractivity contribution in [2.24, 2.45) is 0 Å². The van der Waals surface area contributed by atoms with E-state index in [1.807, 2.05) is 152 Å². The number of carbonyl (C=O) groups excluding carboxylic acids is 3. The molecule has 10 atom stereocenters. The molecule has 6 aromatic rings. The van der Waals surface area contributed by atoms with E-state index in [1.54, 1.807) is 28.4 Å². The van der Waals surface area contributed by atoms with Gasteiger partial charge in [-0.2, -0.15) is 0 Å². The van der Waals surface area contributed by atoms with Crippen LogP contribution in [0, 0.1) is 0 Å². The molecule has 8 heterocycles. The van der Waals surface area contributed by atoms with Crippen LogP contribution in [-0.2, 0) is 84.1 Å². The summed E-state index contributed by atoms with van der Waals surface area (Å²) in [6.07, 6.45) is 12.8. The van der Waals surface area contributed by atoms with E-state index >= 15 is 0 Å². The van der Waals surface area contributed by atoms with Gasteiger partial charge in [0.25, 0.3) is 0 Å². The van der Waals surface area contributed by atoms with Gasteiger partial charge in [-0.25, -0.2) is 0 Å². The van der Waals surface area contributed by atoms with Crippen molar-refractivity contribution in [2.45, 2.75) is 268 Å². The number of carboxylic acids is 1. The van der Waals surface area contributed by atoms with Gasteiger partial charge in [0, 0.05) is 37.1 Å². The second kappa shape index (κ2) is 40.1. The van der Waals surface area contributed by atoms with E-state index in [9.17, 15) is 24.3 Å². The van der Waals surface area contributed by atoms with E-state index in [1.165, 1.54) is 0 Å². The number of fused-ring (bicyclic) bond motifs is 6. The summed E-state index contributed by atoms with van der Waals surface area (Å²) in [4.78, 5) is 48.8. The predicted octanol–water partition coefficient (Wildman–Crippen LogP) is 13.8. The molecule has 0 bridgehead atoms. The van der Waals surface area contributed by atoms with Gasteiger partial charge in [0.1, 0.15) is 89.8 Å². The highest BCUT2D eigenvalue weighted by atomic mass is 16.9. The number of unbranched alkanes of at least 4 members (excludes halogenated alkanes) is 14. The molecule has 0 spiro atoms. The molecule has 608 valence electrons. The second-order valence-corrected chi connectivity index (χ2v) is 30.5. The Hall–Kier alpha value is -8.06. The molecule has 27 nitrogen and oxygen atoms in total. The fraction of sp³-hybridized carbons (Fsp3) is 0.595. The van der Waals surface area contributed by atoms with Crippen molar-refractivity contribution in [3.05, 3.63) is 109 Å². The zero-order chi connectivity index (χ0) is 79.3. The van der Waals surface area contributed by atoms with Gasteiger partial charge in [-0.05, 0) is 165 Å². The number of benzene rings is 4. The van der Waals surface area contributed by atoms with Crippen molar-refractivity contribution in [1.82, 2.24) is 20.9 Å². The summed E-state index contributed by atoms with van der Waals surface area (Å²) in [6, 6.07) is 30.4. The highest BCUT2D eigenvalue weighted by Crippen LogP contribution is 2.47. The van der Waals surface area contributed by atoms with Crippen LogP contribution in [-0.4, -0.2) is 184 Å². The number of aromatic nitrogens is 2. The van der Waals surface area contributed by atoms with Crippen molar-refractivity contribution in [2.75, 3.05) is 54.7 Å². The molecule has 0 aliphatic carbocycles. The normalized spacial score (nSPS) is 23.3. The molecule has 111 heavy (non-hydrogen) atoms. The molecule has 0 radical (unpaired) electrons. The van der Waals surface area contributed by atoms with Crippen LogP contribution in [0.3, 0.4) is 0 Å². The van der Waals surface area contributed by atoms with Crippen LogP contribution >= 0.6 is 0 Å². The molecule has 27 heteroatoms. The Labute approximate surface area is 650 Å². The van der Waals surface area contributed by atoms with Crippen LogP contribution < -0.4 is 29.6 Å². The van der Waals surface area contributed by atoms with Gasteiger partial charge in [-0.1, -0.05) is 112 Å². The Morgan fingerprint density at radius 1 is 0.396 bits per heavy atom. The first-order valence-corrected chi connectivity index (χ1v) is 39.1. The molecule has 6 fully saturated rings. The Kier molecular flexibility index (Phi) is 30.8. The highest BCUT2D eigenvalue weighted by molar-refractivity contribution is 5.88. The summed E-state index contributed by atoms with van der Waals surface area (Å²) < 4.78 is 97.4. The molecular formula is C84H114N4O23. The molecular weight excluding hydrogens is 1430 g/mol. The number of hydrogen-bond donors (Lipinski definition) is 4. The van der Waals surface area contributed by atoms with E-state index in [0.29, 0.717) is 42.4 Å². The lowest BCUT2D eigenvalue weighted by molar-refractivity contribution is -0.242. The standard InChI is InChI=1S/C42H56N2O11.C30H38N2O6.C12H20O6/c1-41(2)51-37-32(50-40-39(38(37)52-41)53-42(3,4)54-40)26-49-34(46)15-13-11-9-7-8-10-12-14-24-43-33(45)25-31-35(27-16-20-29(47-5)21-17-27)36(44-55-31)28-18-22-30(48-6)23-19-28;1-36-24-16-12-22(13-17-24)29-26(38-32-30(29)23-14-18-25(37-2)19-15-23)21-27(33)31-20-10-8-6-4-3-5-7-9-11-28(34)35;1-11(2)15-7-6(5-13)14-10-9(8(7)16-11)17-12(3,4)18-10/h16-23,32,37-40H,7-15,24-26H2,1-6H3,(H,43,45);12-19H,3-11,20-21H2,1-2H3,(H,31,33)(H,34,35);6-10,13H,5H2,1-4H3. The Morgan fingerprint density at radius 3 is 1.08 bits per heavy atom. The summed E-state index contributed by atoms with van der Waals surface area (Å²) in [6.45, 7) is 15.9. The van der Waals surface area contributed by atoms with E-state index in [4.69, 9.17) is 85.2 Å². The first-order chi connectivity index (χ1) is 53.3. The smallest absolute Gasteiger partial charge is 0.305 e. The lowest BCUT2D eigenvalue weighted by atomic mass is 9.98. The maximum atomic E-state index is 13.0. The van der Waals surface area contributed by atoms with E-state index in [-0.39, 0.29) is 74.7 Å². The molecule has 2 aromatic heterocycles. The summed E-state index contributed by atoms with van der Waals surface area (Å²) >= 11 is 0. The zero-order valence-corrected chi connectivity index (χ0v) is 66.3. The number of hydrogen-bond acceptors (Lipinski definition) is 24. The lowest BCUT2D eigenvalue weighted by Crippen LogP contribution is -2.56. The zero-order valence-electron chi connectivity index (χ0n) is 66.3. The maximum absolute atomic E-state index is 13.0. The number of aliphatic carboxylic acids is 1. The van der Waals surface area contributed by atoms with Crippen LogP contribution in [0.4, 0.5) is 0 Å². The molecule has 0 saturated carbocycles. The average Bonchev–Trinajstić information content (AvgIpc) is 1.60. The van der Waals surface area contributed by atoms with Crippen LogP contribution in [0.5, 0.6) is 23.0 Å². The van der Waals surface area contributed by atoms with E-state index in [0.717, 1.165) is 159 Å². The molecule has 4 N–H and O–H groups in total. The van der Waals surface area contributed by atoms with Gasteiger partial charge in [0.05, 0.1) is 59.0 Å². The molecule has 6 aliphatic rings. The number of nitrogens with zero attached hydrogens (tertiary/aromatic N) is 2. The number of amides is 2. The number of nitrogens with one attached hydrogen (secondary N) is 2. The first kappa shape index (κ1) is 85.4. The Morgan fingerprint density at radius 2 is 0.712 bits per heavy atom. The second-order valence-electron chi connectivity index (χ2n) is 30.5. The lowest BCUT2D eigenvalue weighted by Gasteiger charge is -2.36. The monoisotopic (exact) mass is 1550 g/mol. The maximum Gasteiger partial charge on any atom is 0.305 e. The molecule has 4 aromatic carbocycles. The summed E-state index contributed by atoms with van der Waals surface area (Å²) in [5.41, 5.74) is 6.41.